The first-order valence-corrected chi connectivity index (χ1v) is 14.8. The summed E-state index contributed by atoms with van der Waals surface area (Å²) in [7, 11) is 0. The molecule has 0 radical (unpaired) electrons. The molecule has 11 heteroatoms. The van der Waals surface area contributed by atoms with Crippen molar-refractivity contribution in [3.05, 3.63) is 70.3 Å². The number of esters is 1. The van der Waals surface area contributed by atoms with Crippen molar-refractivity contribution in [2.24, 2.45) is 0 Å². The molecule has 0 aliphatic rings. The second-order valence-electron chi connectivity index (χ2n) is 12.7. The molecule has 0 aromatic heterocycles. The molecule has 0 aliphatic heterocycles. The van der Waals surface area contributed by atoms with E-state index in [2.05, 4.69) is 4.74 Å². The Morgan fingerprint density at radius 3 is 1.89 bits per heavy atom. The number of hydrogen-bond donors (Lipinski definition) is 0. The zero-order chi connectivity index (χ0) is 35.0. The maximum atomic E-state index is 13.4. The van der Waals surface area contributed by atoms with Crippen LogP contribution in [0.2, 0.25) is 0 Å². The number of benzene rings is 2. The molecule has 0 fully saturated rings. The molecule has 252 valence electrons. The summed E-state index contributed by atoms with van der Waals surface area (Å²) in [4.78, 5) is 39.6. The predicted octanol–water partition coefficient (Wildman–Crippen LogP) is 9.67. The normalized spacial score (nSPS) is 12.6. The van der Waals surface area contributed by atoms with Crippen LogP contribution in [0.4, 0.5) is 22.8 Å². The van der Waals surface area contributed by atoms with Crippen molar-refractivity contribution in [2.45, 2.75) is 106 Å². The monoisotopic (exact) mass is 647 g/mol. The van der Waals surface area contributed by atoms with Gasteiger partial charge in [-0.3, -0.25) is 4.79 Å². The minimum atomic E-state index is -4.85. The second kappa shape index (κ2) is 15.3. The molecule has 2 rings (SSSR count). The lowest BCUT2D eigenvalue weighted by Gasteiger charge is -2.29. The van der Waals surface area contributed by atoms with Crippen LogP contribution in [-0.4, -0.2) is 40.6 Å². The summed E-state index contributed by atoms with van der Waals surface area (Å²) < 4.78 is 59.0. The maximum Gasteiger partial charge on any atom is 0.573 e. The van der Waals surface area contributed by atoms with Gasteiger partial charge in [-0.2, -0.15) is 0 Å². The van der Waals surface area contributed by atoms with Gasteiger partial charge in [-0.15, -0.1) is 13.2 Å². The van der Waals surface area contributed by atoms with Crippen LogP contribution in [0.5, 0.6) is 5.75 Å². The third-order valence-corrected chi connectivity index (χ3v) is 6.42. The van der Waals surface area contributed by atoms with Gasteiger partial charge in [0.15, 0.2) is 0 Å². The lowest BCUT2D eigenvalue weighted by Crippen LogP contribution is -2.43. The van der Waals surface area contributed by atoms with Gasteiger partial charge in [0, 0.05) is 12.5 Å². The average Bonchev–Trinajstić information content (AvgIpc) is 2.89. The van der Waals surface area contributed by atoms with Crippen LogP contribution in [-0.2, 0) is 32.2 Å². The summed E-state index contributed by atoms with van der Waals surface area (Å²) in [6, 6.07) is 7.07. The van der Waals surface area contributed by atoms with Crippen molar-refractivity contribution in [2.75, 3.05) is 0 Å². The lowest BCUT2D eigenvalue weighted by molar-refractivity contribution is -0.274. The Morgan fingerprint density at radius 2 is 1.43 bits per heavy atom. The lowest BCUT2D eigenvalue weighted by atomic mass is 9.88. The highest BCUT2D eigenvalue weighted by atomic mass is 19.4. The van der Waals surface area contributed by atoms with Crippen LogP contribution < -0.4 is 4.74 Å². The highest BCUT2D eigenvalue weighted by molar-refractivity contribution is 5.88. The van der Waals surface area contributed by atoms with E-state index >= 15 is 0 Å². The quantitative estimate of drug-likeness (QED) is 0.152. The number of nitrogens with zero attached hydrogens (tertiary/aromatic N) is 1. The molecule has 8 nitrogen and oxygen atoms in total. The Balaban J connectivity index is 2.88. The Bertz CT molecular complexity index is 1430. The summed E-state index contributed by atoms with van der Waals surface area (Å²) in [5, 5.41) is 0. The number of ether oxygens (including phenoxy) is 4. The van der Waals surface area contributed by atoms with E-state index in [9.17, 15) is 27.6 Å². The topological polar surface area (TPSA) is 91.4 Å². The highest BCUT2D eigenvalue weighted by Crippen LogP contribution is 2.35. The summed E-state index contributed by atoms with van der Waals surface area (Å²) >= 11 is 0. The molecule has 46 heavy (non-hydrogen) atoms. The number of rotatable bonds is 9. The zero-order valence-electron chi connectivity index (χ0n) is 28.2. The molecule has 2 aromatic rings. The van der Waals surface area contributed by atoms with E-state index < -0.39 is 35.7 Å². The number of alkyl halides is 3. The Labute approximate surface area is 269 Å². The smallest absolute Gasteiger partial charge is 0.461 e. The third-order valence-electron chi connectivity index (χ3n) is 6.42. The average molecular weight is 648 g/mol. The zero-order valence-corrected chi connectivity index (χ0v) is 28.2. The fourth-order valence-corrected chi connectivity index (χ4v) is 4.20. The van der Waals surface area contributed by atoms with Gasteiger partial charge in [0.25, 0.3) is 0 Å². The first-order chi connectivity index (χ1) is 21.1. The largest absolute Gasteiger partial charge is 0.573 e. The van der Waals surface area contributed by atoms with Crippen molar-refractivity contribution in [1.29, 1.82) is 0 Å². The number of carbonyl (C=O) groups excluding carboxylic acids is 3. The van der Waals surface area contributed by atoms with Crippen LogP contribution in [0.1, 0.15) is 91.0 Å². The molecule has 0 N–H and O–H groups in total. The van der Waals surface area contributed by atoms with E-state index in [1.54, 1.807) is 47.6 Å². The van der Waals surface area contributed by atoms with Gasteiger partial charge in [0.2, 0.25) is 0 Å². The molecule has 0 spiro atoms. The van der Waals surface area contributed by atoms with Crippen molar-refractivity contribution < 1.29 is 46.5 Å². The molecular formula is C35H44F3NO7. The van der Waals surface area contributed by atoms with Crippen LogP contribution in [0.25, 0.3) is 17.2 Å². The van der Waals surface area contributed by atoms with Crippen LogP contribution in [0, 0.1) is 6.92 Å². The van der Waals surface area contributed by atoms with Gasteiger partial charge in [-0.25, -0.2) is 14.5 Å². The highest BCUT2D eigenvalue weighted by Gasteiger charge is 2.33. The van der Waals surface area contributed by atoms with Gasteiger partial charge >= 0.3 is 24.5 Å². The van der Waals surface area contributed by atoms with E-state index in [0.717, 1.165) is 22.5 Å². The molecule has 0 unspecified atom stereocenters. The first-order valence-electron chi connectivity index (χ1n) is 14.8. The minimum absolute atomic E-state index is 0.184. The van der Waals surface area contributed by atoms with Crippen molar-refractivity contribution in [3.63, 3.8) is 0 Å². The molecular weight excluding hydrogens is 603 g/mol. The van der Waals surface area contributed by atoms with E-state index in [1.165, 1.54) is 31.2 Å². The molecule has 0 saturated carbocycles. The molecule has 0 bridgehead atoms. The fraction of sp³-hybridized carbons (Fsp3) is 0.457. The number of carbonyl (C=O) groups is 3. The van der Waals surface area contributed by atoms with Gasteiger partial charge in [-0.05, 0) is 108 Å². The summed E-state index contributed by atoms with van der Waals surface area (Å²) in [5.74, 6) is -0.928. The summed E-state index contributed by atoms with van der Waals surface area (Å²) in [6.45, 7) is 16.5. The summed E-state index contributed by atoms with van der Waals surface area (Å²) in [5.41, 5.74) is 2.67. The molecule has 0 heterocycles. The fourth-order valence-electron chi connectivity index (χ4n) is 4.20. The van der Waals surface area contributed by atoms with Gasteiger partial charge in [0.1, 0.15) is 23.6 Å². The first kappa shape index (κ1) is 37.9. The van der Waals surface area contributed by atoms with E-state index in [1.807, 2.05) is 39.0 Å². The van der Waals surface area contributed by atoms with Crippen LogP contribution in [0.3, 0.4) is 0 Å². The van der Waals surface area contributed by atoms with Crippen LogP contribution in [0.15, 0.2) is 48.1 Å². The molecule has 0 aliphatic carbocycles. The maximum absolute atomic E-state index is 13.4. The van der Waals surface area contributed by atoms with Crippen molar-refractivity contribution >= 4 is 24.2 Å². The standard InChI is InChI=1S/C35H44F3NO7/c1-11-22(2)13-12-14-28-23(3)29(25-15-17-27(18-16-25)44-35(36,37)38)19-26(30(28)21-43-24(4)40)20-39(31(41)45-33(5,6)7)32(42)46-34(8,9)10/h12-19H,11,20-21H2,1-10H3/b14-12-,22-13+. The van der Waals surface area contributed by atoms with Gasteiger partial charge < -0.3 is 18.9 Å². The Hall–Kier alpha value is -4.28. The van der Waals surface area contributed by atoms with Crippen molar-refractivity contribution in [1.82, 2.24) is 4.90 Å². The van der Waals surface area contributed by atoms with Gasteiger partial charge in [0.05, 0.1) is 6.54 Å². The molecule has 2 aromatic carbocycles. The van der Waals surface area contributed by atoms with E-state index in [4.69, 9.17) is 14.2 Å². The molecule has 2 amide bonds. The van der Waals surface area contributed by atoms with E-state index in [0.29, 0.717) is 27.8 Å². The Morgan fingerprint density at radius 1 is 0.891 bits per heavy atom. The SMILES string of the molecule is CC/C(C)=C/C=C\c1c(C)c(-c2ccc(OC(F)(F)F)cc2)cc(CN(C(=O)OC(C)(C)C)C(=O)OC(C)(C)C)c1COC(C)=O. The number of imide groups is 1. The number of amides is 2. The summed E-state index contributed by atoms with van der Waals surface area (Å²) in [6.07, 6.45) is -0.333. The minimum Gasteiger partial charge on any atom is -0.461 e. The number of allylic oxidation sites excluding steroid dienone is 3. The van der Waals surface area contributed by atoms with Crippen LogP contribution >= 0.6 is 0 Å². The number of halogens is 3. The molecule has 0 atom stereocenters. The second-order valence-corrected chi connectivity index (χ2v) is 12.7. The van der Waals surface area contributed by atoms with Gasteiger partial charge in [-0.1, -0.05) is 42.9 Å². The Kier molecular flexibility index (Phi) is 12.6. The third kappa shape index (κ3) is 12.3. The van der Waals surface area contributed by atoms with E-state index in [-0.39, 0.29) is 18.9 Å². The molecule has 0 saturated heterocycles. The number of hydrogen-bond acceptors (Lipinski definition) is 7. The van der Waals surface area contributed by atoms with Crippen molar-refractivity contribution in [3.8, 4) is 16.9 Å². The predicted molar refractivity (Wildman–Crippen MR) is 170 cm³/mol.